The lowest BCUT2D eigenvalue weighted by molar-refractivity contribution is -0.121. The van der Waals surface area contributed by atoms with E-state index in [0.717, 1.165) is 11.3 Å². The van der Waals surface area contributed by atoms with Crippen molar-refractivity contribution in [2.75, 3.05) is 26.9 Å². The molecule has 1 aliphatic rings. The number of ether oxygens (including phenoxy) is 3. The molecular weight excluding hydrogens is 430 g/mol. The van der Waals surface area contributed by atoms with Crippen molar-refractivity contribution in [3.05, 3.63) is 58.0 Å². The Labute approximate surface area is 193 Å². The van der Waals surface area contributed by atoms with E-state index in [0.29, 0.717) is 46.9 Å². The van der Waals surface area contributed by atoms with Gasteiger partial charge in [0.25, 0.3) is 5.91 Å². The van der Waals surface area contributed by atoms with Crippen molar-refractivity contribution in [3.8, 4) is 17.2 Å². The van der Waals surface area contributed by atoms with Gasteiger partial charge in [-0.15, -0.1) is 0 Å². The van der Waals surface area contributed by atoms with Crippen LogP contribution in [-0.4, -0.2) is 42.0 Å². The SMILES string of the molecule is CCN1C(=O)/C(=C/c2cccc(OC)c2OCCCOc2cc(C)cc(C)c2)SC1=S. The summed E-state index contributed by atoms with van der Waals surface area (Å²) >= 11 is 6.61. The van der Waals surface area contributed by atoms with Gasteiger partial charge >= 0.3 is 0 Å². The Kier molecular flexibility index (Phi) is 7.98. The number of thioether (sulfide) groups is 1. The summed E-state index contributed by atoms with van der Waals surface area (Å²) in [5.74, 6) is 2.02. The number of rotatable bonds is 9. The zero-order valence-electron chi connectivity index (χ0n) is 18.3. The largest absolute Gasteiger partial charge is 0.493 e. The number of carbonyl (C=O) groups is 1. The first kappa shape index (κ1) is 23.2. The van der Waals surface area contributed by atoms with Gasteiger partial charge in [-0.25, -0.2) is 0 Å². The Morgan fingerprint density at radius 3 is 2.45 bits per heavy atom. The quantitative estimate of drug-likeness (QED) is 0.286. The molecule has 2 aromatic rings. The maximum absolute atomic E-state index is 12.6. The summed E-state index contributed by atoms with van der Waals surface area (Å²) in [5.41, 5.74) is 3.14. The maximum atomic E-state index is 12.6. The van der Waals surface area contributed by atoms with E-state index >= 15 is 0 Å². The monoisotopic (exact) mass is 457 g/mol. The normalized spacial score (nSPS) is 15.0. The van der Waals surface area contributed by atoms with Gasteiger partial charge in [0.2, 0.25) is 0 Å². The number of carbonyl (C=O) groups excluding carboxylic acids is 1. The molecule has 0 radical (unpaired) electrons. The highest BCUT2D eigenvalue weighted by molar-refractivity contribution is 8.26. The van der Waals surface area contributed by atoms with E-state index in [-0.39, 0.29) is 5.91 Å². The number of aryl methyl sites for hydroxylation is 2. The smallest absolute Gasteiger partial charge is 0.266 e. The summed E-state index contributed by atoms with van der Waals surface area (Å²) in [6.45, 7) is 7.59. The number of benzene rings is 2. The van der Waals surface area contributed by atoms with Crippen LogP contribution in [0, 0.1) is 13.8 Å². The maximum Gasteiger partial charge on any atom is 0.266 e. The van der Waals surface area contributed by atoms with E-state index < -0.39 is 0 Å². The minimum absolute atomic E-state index is 0.0758. The highest BCUT2D eigenvalue weighted by Gasteiger charge is 2.31. The summed E-state index contributed by atoms with van der Waals surface area (Å²) in [6.07, 6.45) is 2.53. The molecule has 1 aliphatic heterocycles. The molecule has 0 N–H and O–H groups in total. The van der Waals surface area contributed by atoms with Gasteiger partial charge in [-0.2, -0.15) is 0 Å². The number of thiocarbonyl (C=S) groups is 1. The first-order valence-electron chi connectivity index (χ1n) is 10.2. The molecule has 0 saturated carbocycles. The molecule has 0 aliphatic carbocycles. The molecule has 0 aromatic heterocycles. The molecule has 0 spiro atoms. The minimum Gasteiger partial charge on any atom is -0.493 e. The van der Waals surface area contributed by atoms with Gasteiger partial charge in [-0.3, -0.25) is 9.69 Å². The number of para-hydroxylation sites is 1. The number of likely N-dealkylation sites (N-methyl/N-ethyl adjacent to an activating group) is 1. The van der Waals surface area contributed by atoms with Gasteiger partial charge < -0.3 is 14.2 Å². The molecular formula is C24H27NO4S2. The lowest BCUT2D eigenvalue weighted by Crippen LogP contribution is -2.27. The van der Waals surface area contributed by atoms with Gasteiger partial charge in [0, 0.05) is 18.5 Å². The van der Waals surface area contributed by atoms with Crippen molar-refractivity contribution in [3.63, 3.8) is 0 Å². The molecule has 1 heterocycles. The van der Waals surface area contributed by atoms with Crippen LogP contribution in [-0.2, 0) is 4.79 Å². The third-order valence-electron chi connectivity index (χ3n) is 4.70. The Morgan fingerprint density at radius 2 is 1.81 bits per heavy atom. The predicted octanol–water partition coefficient (Wildman–Crippen LogP) is 5.38. The summed E-state index contributed by atoms with van der Waals surface area (Å²) in [5, 5.41) is 0. The van der Waals surface area contributed by atoms with Crippen LogP contribution in [0.1, 0.15) is 30.0 Å². The van der Waals surface area contributed by atoms with Gasteiger partial charge in [-0.05, 0) is 56.2 Å². The molecule has 7 heteroatoms. The van der Waals surface area contributed by atoms with Gasteiger partial charge in [-0.1, -0.05) is 42.2 Å². The second kappa shape index (κ2) is 10.7. The first-order valence-corrected chi connectivity index (χ1v) is 11.4. The lowest BCUT2D eigenvalue weighted by Gasteiger charge is -2.14. The van der Waals surface area contributed by atoms with Crippen LogP contribution >= 0.6 is 24.0 Å². The van der Waals surface area contributed by atoms with Gasteiger partial charge in [0.15, 0.2) is 11.5 Å². The van der Waals surface area contributed by atoms with Crippen LogP contribution < -0.4 is 14.2 Å². The molecule has 5 nitrogen and oxygen atoms in total. The molecule has 3 rings (SSSR count). The molecule has 1 fully saturated rings. The highest BCUT2D eigenvalue weighted by atomic mass is 32.2. The molecule has 31 heavy (non-hydrogen) atoms. The van der Waals surface area contributed by atoms with Crippen LogP contribution in [0.15, 0.2) is 41.3 Å². The molecule has 0 unspecified atom stereocenters. The van der Waals surface area contributed by atoms with Crippen molar-refractivity contribution in [1.29, 1.82) is 0 Å². The number of hydrogen-bond acceptors (Lipinski definition) is 6. The molecule has 0 bridgehead atoms. The third-order valence-corrected chi connectivity index (χ3v) is 6.08. The van der Waals surface area contributed by atoms with Crippen molar-refractivity contribution >= 4 is 40.3 Å². The van der Waals surface area contributed by atoms with Crippen molar-refractivity contribution in [1.82, 2.24) is 4.90 Å². The standard InChI is InChI=1S/C24H27NO4S2/c1-5-25-23(26)21(31-24(25)30)15-18-8-6-9-20(27-4)22(18)29-11-7-10-28-19-13-16(2)12-17(3)14-19/h6,8-9,12-15H,5,7,10-11H2,1-4H3/b21-15-. The molecule has 2 aromatic carbocycles. The predicted molar refractivity (Wildman–Crippen MR) is 130 cm³/mol. The average molecular weight is 458 g/mol. The molecule has 164 valence electrons. The van der Waals surface area contributed by atoms with Crippen LogP contribution in [0.5, 0.6) is 17.2 Å². The highest BCUT2D eigenvalue weighted by Crippen LogP contribution is 2.37. The van der Waals surface area contributed by atoms with Crippen LogP contribution in [0.2, 0.25) is 0 Å². The minimum atomic E-state index is -0.0758. The zero-order valence-corrected chi connectivity index (χ0v) is 19.9. The van der Waals surface area contributed by atoms with Crippen LogP contribution in [0.4, 0.5) is 0 Å². The van der Waals surface area contributed by atoms with Gasteiger partial charge in [0.1, 0.15) is 10.1 Å². The Morgan fingerprint density at radius 1 is 1.10 bits per heavy atom. The number of methoxy groups -OCH3 is 1. The zero-order chi connectivity index (χ0) is 22.4. The van der Waals surface area contributed by atoms with Crippen molar-refractivity contribution in [2.45, 2.75) is 27.2 Å². The van der Waals surface area contributed by atoms with E-state index in [1.165, 1.54) is 22.9 Å². The number of hydrogen-bond donors (Lipinski definition) is 0. The summed E-state index contributed by atoms with van der Waals surface area (Å²) in [4.78, 5) is 14.7. The summed E-state index contributed by atoms with van der Waals surface area (Å²) in [6, 6.07) is 11.8. The summed E-state index contributed by atoms with van der Waals surface area (Å²) in [7, 11) is 1.60. The van der Waals surface area contributed by atoms with E-state index in [9.17, 15) is 4.79 Å². The van der Waals surface area contributed by atoms with E-state index in [4.69, 9.17) is 26.4 Å². The van der Waals surface area contributed by atoms with E-state index in [2.05, 4.69) is 19.9 Å². The summed E-state index contributed by atoms with van der Waals surface area (Å²) < 4.78 is 18.0. The third kappa shape index (κ3) is 5.80. The van der Waals surface area contributed by atoms with Crippen LogP contribution in [0.3, 0.4) is 0 Å². The first-order chi connectivity index (χ1) is 14.9. The number of nitrogens with zero attached hydrogens (tertiary/aromatic N) is 1. The number of amides is 1. The second-order valence-corrected chi connectivity index (χ2v) is 8.85. The Hall–Kier alpha value is -2.51. The van der Waals surface area contributed by atoms with Crippen LogP contribution in [0.25, 0.3) is 6.08 Å². The lowest BCUT2D eigenvalue weighted by atomic mass is 10.1. The Balaban J connectivity index is 1.66. The Bertz CT molecular complexity index is 983. The van der Waals surface area contributed by atoms with E-state index in [1.807, 2.05) is 43.3 Å². The fraction of sp³-hybridized carbons (Fsp3) is 0.333. The average Bonchev–Trinajstić information content (AvgIpc) is 3.00. The van der Waals surface area contributed by atoms with Crippen molar-refractivity contribution in [2.24, 2.45) is 0 Å². The van der Waals surface area contributed by atoms with E-state index in [1.54, 1.807) is 12.0 Å². The fourth-order valence-electron chi connectivity index (χ4n) is 3.31. The van der Waals surface area contributed by atoms with Crippen molar-refractivity contribution < 1.29 is 19.0 Å². The molecule has 0 atom stereocenters. The topological polar surface area (TPSA) is 48.0 Å². The second-order valence-electron chi connectivity index (χ2n) is 7.18. The molecule has 1 amide bonds. The fourth-order valence-corrected chi connectivity index (χ4v) is 4.69. The van der Waals surface area contributed by atoms with Gasteiger partial charge in [0.05, 0.1) is 25.2 Å². The molecule has 1 saturated heterocycles.